The predicted octanol–water partition coefficient (Wildman–Crippen LogP) is 4.90. The van der Waals surface area contributed by atoms with Crippen LogP contribution in [0.25, 0.3) is 11.1 Å². The molecule has 26 heavy (non-hydrogen) atoms. The van der Waals surface area contributed by atoms with Crippen molar-refractivity contribution in [2.45, 2.75) is 19.3 Å². The fourth-order valence-electron chi connectivity index (χ4n) is 3.55. The van der Waals surface area contributed by atoms with E-state index in [1.165, 1.54) is 11.3 Å². The van der Waals surface area contributed by atoms with Gasteiger partial charge in [-0.3, -0.25) is 4.79 Å². The van der Waals surface area contributed by atoms with Crippen LogP contribution in [0.4, 0.5) is 5.69 Å². The second-order valence-corrected chi connectivity index (χ2v) is 7.43. The van der Waals surface area contributed by atoms with Gasteiger partial charge in [-0.2, -0.15) is 0 Å². The molecule has 0 bridgehead atoms. The predicted molar refractivity (Wildman–Crippen MR) is 103 cm³/mol. The SMILES string of the molecule is Cc1ccccc1[C@H]1CC(=O)Nc2c1sc(C(=O)O)c2-c1ccccc1. The van der Waals surface area contributed by atoms with Gasteiger partial charge < -0.3 is 10.4 Å². The van der Waals surface area contributed by atoms with E-state index >= 15 is 0 Å². The number of hydrogen-bond donors (Lipinski definition) is 2. The number of carbonyl (C=O) groups is 2. The standard InChI is InChI=1S/C21H17NO3S/c1-12-7-5-6-10-14(12)15-11-16(23)22-18-17(13-8-3-2-4-9-13)20(21(24)25)26-19(15)18/h2-10,15H,11H2,1H3,(H,22,23)(H,24,25)/t15-/m1/s1. The first-order chi connectivity index (χ1) is 12.6. The zero-order valence-electron chi connectivity index (χ0n) is 14.2. The maximum atomic E-state index is 12.4. The van der Waals surface area contributed by atoms with Gasteiger partial charge in [0.2, 0.25) is 5.91 Å². The van der Waals surface area contributed by atoms with Crippen LogP contribution in [0.15, 0.2) is 54.6 Å². The minimum Gasteiger partial charge on any atom is -0.477 e. The third-order valence-corrected chi connectivity index (χ3v) is 6.02. The van der Waals surface area contributed by atoms with Crippen LogP contribution in [0, 0.1) is 6.92 Å². The second kappa shape index (κ2) is 6.42. The highest BCUT2D eigenvalue weighted by molar-refractivity contribution is 7.15. The fraction of sp³-hybridized carbons (Fsp3) is 0.143. The van der Waals surface area contributed by atoms with Crippen molar-refractivity contribution in [3.63, 3.8) is 0 Å². The molecular formula is C21H17NO3S. The number of amides is 1. The Kier molecular flexibility index (Phi) is 4.09. The Morgan fingerprint density at radius 2 is 1.81 bits per heavy atom. The summed E-state index contributed by atoms with van der Waals surface area (Å²) in [4.78, 5) is 25.5. The molecule has 2 N–H and O–H groups in total. The van der Waals surface area contributed by atoms with Gasteiger partial charge in [-0.15, -0.1) is 11.3 Å². The molecule has 1 aliphatic heterocycles. The lowest BCUT2D eigenvalue weighted by Gasteiger charge is -2.25. The van der Waals surface area contributed by atoms with Crippen molar-refractivity contribution < 1.29 is 14.7 Å². The van der Waals surface area contributed by atoms with Crippen molar-refractivity contribution in [1.82, 2.24) is 0 Å². The van der Waals surface area contributed by atoms with Gasteiger partial charge in [0.25, 0.3) is 0 Å². The average Bonchev–Trinajstić information content (AvgIpc) is 3.02. The molecule has 5 heteroatoms. The lowest BCUT2D eigenvalue weighted by atomic mass is 9.86. The summed E-state index contributed by atoms with van der Waals surface area (Å²) in [6.07, 6.45) is 0.325. The number of nitrogens with one attached hydrogen (secondary N) is 1. The third-order valence-electron chi connectivity index (χ3n) is 4.73. The molecule has 1 aliphatic rings. The fourth-order valence-corrected chi connectivity index (χ4v) is 4.78. The zero-order chi connectivity index (χ0) is 18.3. The van der Waals surface area contributed by atoms with Crippen molar-refractivity contribution in [1.29, 1.82) is 0 Å². The summed E-state index contributed by atoms with van der Waals surface area (Å²) >= 11 is 1.26. The quantitative estimate of drug-likeness (QED) is 0.696. The normalized spacial score (nSPS) is 16.0. The van der Waals surface area contributed by atoms with Crippen LogP contribution >= 0.6 is 11.3 Å². The molecule has 2 aromatic carbocycles. The summed E-state index contributed by atoms with van der Waals surface area (Å²) in [5, 5.41) is 12.7. The van der Waals surface area contributed by atoms with Crippen molar-refractivity contribution in [2.24, 2.45) is 0 Å². The number of anilines is 1. The van der Waals surface area contributed by atoms with E-state index in [9.17, 15) is 14.7 Å². The minimum atomic E-state index is -0.971. The van der Waals surface area contributed by atoms with Gasteiger partial charge in [0.05, 0.1) is 5.69 Å². The highest BCUT2D eigenvalue weighted by atomic mass is 32.1. The molecule has 130 valence electrons. The molecule has 0 spiro atoms. The van der Waals surface area contributed by atoms with Gasteiger partial charge in [0.15, 0.2) is 0 Å². The van der Waals surface area contributed by atoms with E-state index in [4.69, 9.17) is 0 Å². The van der Waals surface area contributed by atoms with Crippen LogP contribution in [0.1, 0.15) is 38.0 Å². The van der Waals surface area contributed by atoms with E-state index < -0.39 is 5.97 Å². The lowest BCUT2D eigenvalue weighted by molar-refractivity contribution is -0.116. The summed E-state index contributed by atoms with van der Waals surface area (Å²) in [5.74, 6) is -1.18. The summed E-state index contributed by atoms with van der Waals surface area (Å²) in [6.45, 7) is 2.02. The monoisotopic (exact) mass is 363 g/mol. The van der Waals surface area contributed by atoms with Crippen LogP contribution in [0.2, 0.25) is 0 Å². The minimum absolute atomic E-state index is 0.0855. The van der Waals surface area contributed by atoms with Crippen LogP contribution in [0.3, 0.4) is 0 Å². The van der Waals surface area contributed by atoms with Crippen LogP contribution < -0.4 is 5.32 Å². The molecule has 1 aromatic heterocycles. The van der Waals surface area contributed by atoms with E-state index in [2.05, 4.69) is 5.32 Å². The first-order valence-electron chi connectivity index (χ1n) is 8.37. The number of aromatic carboxylic acids is 1. The Morgan fingerprint density at radius 1 is 1.12 bits per heavy atom. The molecule has 0 aliphatic carbocycles. The smallest absolute Gasteiger partial charge is 0.346 e. The highest BCUT2D eigenvalue weighted by Crippen LogP contribution is 2.49. The topological polar surface area (TPSA) is 66.4 Å². The van der Waals surface area contributed by atoms with E-state index in [1.807, 2.05) is 61.5 Å². The van der Waals surface area contributed by atoms with Gasteiger partial charge >= 0.3 is 5.97 Å². The number of hydrogen-bond acceptors (Lipinski definition) is 3. The molecule has 3 aromatic rings. The maximum Gasteiger partial charge on any atom is 0.346 e. The summed E-state index contributed by atoms with van der Waals surface area (Å²) in [5.41, 5.74) is 4.21. The van der Waals surface area contributed by atoms with E-state index in [-0.39, 0.29) is 16.7 Å². The molecule has 0 unspecified atom stereocenters. The van der Waals surface area contributed by atoms with Crippen LogP contribution in [-0.2, 0) is 4.79 Å². The lowest BCUT2D eigenvalue weighted by Crippen LogP contribution is -2.22. The molecule has 0 saturated heterocycles. The number of thiophene rings is 1. The van der Waals surface area contributed by atoms with E-state index in [0.717, 1.165) is 21.6 Å². The first-order valence-corrected chi connectivity index (χ1v) is 9.18. The number of carboxylic acid groups (broad SMARTS) is 1. The first kappa shape index (κ1) is 16.5. The molecule has 0 fully saturated rings. The van der Waals surface area contributed by atoms with Gasteiger partial charge in [-0.25, -0.2) is 4.79 Å². The van der Waals surface area contributed by atoms with Crippen molar-refractivity contribution >= 4 is 28.9 Å². The van der Waals surface area contributed by atoms with Gasteiger partial charge in [0.1, 0.15) is 4.88 Å². The third kappa shape index (κ3) is 2.70. The van der Waals surface area contributed by atoms with Gasteiger partial charge in [-0.05, 0) is 23.6 Å². The Balaban J connectivity index is 1.97. The van der Waals surface area contributed by atoms with Crippen molar-refractivity contribution in [3.05, 3.63) is 75.5 Å². The second-order valence-electron chi connectivity index (χ2n) is 6.38. The molecular weight excluding hydrogens is 346 g/mol. The van der Waals surface area contributed by atoms with E-state index in [1.54, 1.807) is 0 Å². The number of fused-ring (bicyclic) bond motifs is 1. The van der Waals surface area contributed by atoms with Crippen molar-refractivity contribution in [2.75, 3.05) is 5.32 Å². The summed E-state index contributed by atoms with van der Waals surface area (Å²) in [6, 6.07) is 17.3. The number of rotatable bonds is 3. The zero-order valence-corrected chi connectivity index (χ0v) is 15.0. The molecule has 0 saturated carbocycles. The van der Waals surface area contributed by atoms with Crippen molar-refractivity contribution in [3.8, 4) is 11.1 Å². The number of aryl methyl sites for hydroxylation is 1. The maximum absolute atomic E-state index is 12.4. The van der Waals surface area contributed by atoms with Crippen LogP contribution in [-0.4, -0.2) is 17.0 Å². The Bertz CT molecular complexity index is 1010. The molecule has 2 heterocycles. The molecule has 1 atom stereocenters. The molecule has 4 nitrogen and oxygen atoms in total. The molecule has 1 amide bonds. The largest absolute Gasteiger partial charge is 0.477 e. The van der Waals surface area contributed by atoms with Gasteiger partial charge in [0, 0.05) is 22.8 Å². The number of carboxylic acids is 1. The van der Waals surface area contributed by atoms with E-state index in [0.29, 0.717) is 17.7 Å². The highest BCUT2D eigenvalue weighted by Gasteiger charge is 2.34. The van der Waals surface area contributed by atoms with Crippen LogP contribution in [0.5, 0.6) is 0 Å². The summed E-state index contributed by atoms with van der Waals surface area (Å²) < 4.78 is 0. The van der Waals surface area contributed by atoms with Gasteiger partial charge in [-0.1, -0.05) is 54.6 Å². The number of carbonyl (C=O) groups excluding carboxylic acids is 1. The average molecular weight is 363 g/mol. The molecule has 4 rings (SSSR count). The Morgan fingerprint density at radius 3 is 2.50 bits per heavy atom. The Labute approximate surface area is 155 Å². The molecule has 0 radical (unpaired) electrons. The Hall–Kier alpha value is -2.92. The summed E-state index contributed by atoms with van der Waals surface area (Å²) in [7, 11) is 0. The number of benzene rings is 2.